The maximum atomic E-state index is 3.90. The Labute approximate surface area is 50.0 Å². The van der Waals surface area contributed by atoms with Crippen molar-refractivity contribution in [2.45, 2.75) is 38.8 Å². The van der Waals surface area contributed by atoms with Crippen LogP contribution in [0.3, 0.4) is 0 Å². The van der Waals surface area contributed by atoms with E-state index in [0.717, 1.165) is 6.42 Å². The summed E-state index contributed by atoms with van der Waals surface area (Å²) in [6, 6.07) is 0. The molecule has 1 heterocycles. The summed E-state index contributed by atoms with van der Waals surface area (Å²) in [4.78, 5) is 0. The van der Waals surface area contributed by atoms with E-state index in [-0.39, 0.29) is 5.66 Å². The van der Waals surface area contributed by atoms with Crippen molar-refractivity contribution in [3.05, 3.63) is 0 Å². The van der Waals surface area contributed by atoms with E-state index >= 15 is 0 Å². The van der Waals surface area contributed by atoms with Crippen LogP contribution in [0, 0.1) is 0 Å². The Kier molecular flexibility index (Phi) is 1.32. The number of hydrogen-bond donors (Lipinski definition) is 0. The highest BCUT2D eigenvalue weighted by atomic mass is 15.4. The van der Waals surface area contributed by atoms with Crippen LogP contribution in [0.1, 0.15) is 33.1 Å². The second-order valence-electron chi connectivity index (χ2n) is 2.52. The van der Waals surface area contributed by atoms with Gasteiger partial charge in [-0.1, -0.05) is 13.3 Å². The molecule has 1 aliphatic heterocycles. The van der Waals surface area contributed by atoms with Gasteiger partial charge in [0.15, 0.2) is 5.66 Å². The lowest BCUT2D eigenvalue weighted by molar-refractivity contribution is 0.562. The van der Waals surface area contributed by atoms with Crippen molar-refractivity contribution in [2.24, 2.45) is 10.2 Å². The van der Waals surface area contributed by atoms with Gasteiger partial charge in [-0.05, 0) is 19.8 Å². The Bertz CT molecular complexity index is 101. The maximum absolute atomic E-state index is 3.90. The second kappa shape index (κ2) is 1.84. The molecule has 0 saturated heterocycles. The Morgan fingerprint density at radius 1 is 1.38 bits per heavy atom. The number of unbranched alkanes of at least 4 members (excludes halogenated alkanes) is 1. The largest absolute Gasteiger partial charge is 0.188 e. The van der Waals surface area contributed by atoms with E-state index in [4.69, 9.17) is 0 Å². The first-order valence-electron chi connectivity index (χ1n) is 3.21. The van der Waals surface area contributed by atoms with Crippen molar-refractivity contribution in [2.75, 3.05) is 0 Å². The summed E-state index contributed by atoms with van der Waals surface area (Å²) in [5.41, 5.74) is 0.0516. The third-order valence-corrected chi connectivity index (χ3v) is 1.45. The zero-order valence-corrected chi connectivity index (χ0v) is 5.52. The van der Waals surface area contributed by atoms with Crippen LogP contribution in [0.5, 0.6) is 0 Å². The minimum absolute atomic E-state index is 0.0516. The van der Waals surface area contributed by atoms with Gasteiger partial charge in [-0.2, -0.15) is 10.2 Å². The quantitative estimate of drug-likeness (QED) is 0.535. The predicted molar refractivity (Wildman–Crippen MR) is 32.8 cm³/mol. The van der Waals surface area contributed by atoms with E-state index in [9.17, 15) is 0 Å². The highest BCUT2D eigenvalue weighted by Crippen LogP contribution is 2.32. The van der Waals surface area contributed by atoms with Crippen LogP contribution in [-0.4, -0.2) is 5.66 Å². The highest BCUT2D eigenvalue weighted by Gasteiger charge is 2.32. The van der Waals surface area contributed by atoms with Crippen molar-refractivity contribution in [3.8, 4) is 0 Å². The summed E-state index contributed by atoms with van der Waals surface area (Å²) in [6.45, 7) is 4.26. The maximum Gasteiger partial charge on any atom is 0.188 e. The van der Waals surface area contributed by atoms with Crippen molar-refractivity contribution < 1.29 is 0 Å². The molecule has 0 fully saturated rings. The van der Waals surface area contributed by atoms with Crippen molar-refractivity contribution in [1.82, 2.24) is 0 Å². The van der Waals surface area contributed by atoms with Gasteiger partial charge in [-0.3, -0.25) is 0 Å². The first-order chi connectivity index (χ1) is 3.77. The molecule has 0 aromatic carbocycles. The molecule has 8 heavy (non-hydrogen) atoms. The molecule has 0 amide bonds. The van der Waals surface area contributed by atoms with E-state index in [1.165, 1.54) is 12.8 Å². The summed E-state index contributed by atoms with van der Waals surface area (Å²) in [7, 11) is 0. The van der Waals surface area contributed by atoms with Crippen LogP contribution in [0.4, 0.5) is 0 Å². The molecular weight excluding hydrogens is 100 g/mol. The fraction of sp³-hybridized carbons (Fsp3) is 1.00. The normalized spacial score (nSPS) is 21.2. The monoisotopic (exact) mass is 112 g/mol. The fourth-order valence-electron chi connectivity index (χ4n) is 0.697. The zero-order valence-electron chi connectivity index (χ0n) is 5.52. The van der Waals surface area contributed by atoms with Gasteiger partial charge in [0.2, 0.25) is 0 Å². The van der Waals surface area contributed by atoms with Gasteiger partial charge in [0.25, 0.3) is 0 Å². The van der Waals surface area contributed by atoms with Gasteiger partial charge >= 0.3 is 0 Å². The van der Waals surface area contributed by atoms with Gasteiger partial charge in [-0.15, -0.1) is 0 Å². The first-order valence-corrected chi connectivity index (χ1v) is 3.21. The number of rotatable bonds is 3. The molecule has 0 bridgehead atoms. The predicted octanol–water partition coefficient (Wildman–Crippen LogP) is 2.36. The molecule has 2 heteroatoms. The molecule has 0 atom stereocenters. The third-order valence-electron chi connectivity index (χ3n) is 1.45. The molecule has 0 aromatic rings. The topological polar surface area (TPSA) is 24.7 Å². The molecule has 0 spiro atoms. The van der Waals surface area contributed by atoms with E-state index in [2.05, 4.69) is 24.1 Å². The molecule has 0 aliphatic carbocycles. The Hall–Kier alpha value is -0.400. The second-order valence-corrected chi connectivity index (χ2v) is 2.52. The number of hydrogen-bond acceptors (Lipinski definition) is 2. The van der Waals surface area contributed by atoms with Crippen molar-refractivity contribution >= 4 is 0 Å². The van der Waals surface area contributed by atoms with Crippen LogP contribution < -0.4 is 0 Å². The average Bonchev–Trinajstić information content (AvgIpc) is 2.45. The van der Waals surface area contributed by atoms with Crippen molar-refractivity contribution in [1.29, 1.82) is 0 Å². The van der Waals surface area contributed by atoms with Crippen LogP contribution in [0.15, 0.2) is 10.2 Å². The zero-order chi connectivity index (χ0) is 6.04. The summed E-state index contributed by atoms with van der Waals surface area (Å²) >= 11 is 0. The highest BCUT2D eigenvalue weighted by molar-refractivity contribution is 4.87. The lowest BCUT2D eigenvalue weighted by Crippen LogP contribution is -2.01. The molecule has 1 rings (SSSR count). The fourth-order valence-corrected chi connectivity index (χ4v) is 0.697. The summed E-state index contributed by atoms with van der Waals surface area (Å²) < 4.78 is 0. The lowest BCUT2D eigenvalue weighted by Gasteiger charge is -1.98. The smallest absolute Gasteiger partial charge is 0.159 e. The minimum atomic E-state index is 0.0516. The van der Waals surface area contributed by atoms with Gasteiger partial charge in [0.05, 0.1) is 0 Å². The molecule has 46 valence electrons. The third kappa shape index (κ3) is 1.29. The molecule has 0 aromatic heterocycles. The first kappa shape index (κ1) is 5.73. The molecule has 0 radical (unpaired) electrons. The van der Waals surface area contributed by atoms with Crippen LogP contribution >= 0.6 is 0 Å². The summed E-state index contributed by atoms with van der Waals surface area (Å²) in [5.74, 6) is 0. The van der Waals surface area contributed by atoms with Gasteiger partial charge < -0.3 is 0 Å². The SMILES string of the molecule is CCCCC1(C)N=N1. The van der Waals surface area contributed by atoms with Gasteiger partial charge in [0, 0.05) is 0 Å². The standard InChI is InChI=1S/C6H12N2/c1-3-4-5-6(2)7-8-6/h3-5H2,1-2H3. The molecule has 1 aliphatic rings. The summed E-state index contributed by atoms with van der Waals surface area (Å²) in [6.07, 6.45) is 3.65. The molecule has 2 nitrogen and oxygen atoms in total. The molecule has 0 saturated carbocycles. The molecular formula is C6H12N2. The Morgan fingerprint density at radius 3 is 2.38 bits per heavy atom. The van der Waals surface area contributed by atoms with E-state index in [1.54, 1.807) is 0 Å². The van der Waals surface area contributed by atoms with E-state index in [0.29, 0.717) is 0 Å². The van der Waals surface area contributed by atoms with E-state index < -0.39 is 0 Å². The van der Waals surface area contributed by atoms with E-state index in [1.807, 2.05) is 0 Å². The Morgan fingerprint density at radius 2 is 2.00 bits per heavy atom. The van der Waals surface area contributed by atoms with Gasteiger partial charge in [0.1, 0.15) is 0 Å². The van der Waals surface area contributed by atoms with Crippen LogP contribution in [-0.2, 0) is 0 Å². The molecule has 0 N–H and O–H groups in total. The van der Waals surface area contributed by atoms with Gasteiger partial charge in [-0.25, -0.2) is 0 Å². The number of nitrogens with zero attached hydrogens (tertiary/aromatic N) is 2. The average molecular weight is 112 g/mol. The van der Waals surface area contributed by atoms with Crippen LogP contribution in [0.2, 0.25) is 0 Å². The molecule has 0 unspecified atom stereocenters. The lowest BCUT2D eigenvalue weighted by atomic mass is 10.1. The van der Waals surface area contributed by atoms with Crippen molar-refractivity contribution in [3.63, 3.8) is 0 Å². The van der Waals surface area contributed by atoms with Crippen LogP contribution in [0.25, 0.3) is 0 Å². The summed E-state index contributed by atoms with van der Waals surface area (Å²) in [5, 5.41) is 7.79. The Balaban J connectivity index is 2.03. The minimum Gasteiger partial charge on any atom is -0.159 e.